The molecular weight excluding hydrogens is 601 g/mol. The van der Waals surface area contributed by atoms with Gasteiger partial charge in [-0.2, -0.15) is 0 Å². The molecule has 0 saturated heterocycles. The first-order valence-corrected chi connectivity index (χ1v) is 31.3. The van der Waals surface area contributed by atoms with Gasteiger partial charge in [-0.15, -0.1) is 0 Å². The predicted octanol–water partition coefficient (Wildman–Crippen LogP) is 6.41. The molecule has 0 amide bonds. The molecule has 0 heterocycles. The molecule has 236 valence electrons. The zero-order valence-electron chi connectivity index (χ0n) is 27.5. The largest absolute Gasteiger partial charge is 0.500 e. The first-order chi connectivity index (χ1) is 17.8. The normalized spacial score (nSPS) is 16.8. The van der Waals surface area contributed by atoms with Gasteiger partial charge in [-0.25, -0.2) is 0 Å². The number of hydrogen-bond acceptors (Lipinski definition) is 9. The molecule has 0 spiro atoms. The Balaban J connectivity index is 6.06. The molecule has 2 atom stereocenters. The Morgan fingerprint density at radius 1 is 0.513 bits per heavy atom. The fraction of sp³-hybridized carbons (Fsp3) is 1.00. The molecule has 0 aromatic heterocycles. The van der Waals surface area contributed by atoms with E-state index in [1.165, 1.54) is 0 Å². The third kappa shape index (κ3) is 19.0. The van der Waals surface area contributed by atoms with Crippen LogP contribution in [0.2, 0.25) is 83.6 Å². The number of hydrogen-bond donors (Lipinski definition) is 1. The van der Waals surface area contributed by atoms with E-state index in [0.29, 0.717) is 33.0 Å². The van der Waals surface area contributed by atoms with Crippen LogP contribution in [0, 0.1) is 0 Å². The molecule has 0 saturated carbocycles. The molecule has 0 radical (unpaired) electrons. The lowest BCUT2D eigenvalue weighted by molar-refractivity contribution is 0.0710. The summed E-state index contributed by atoms with van der Waals surface area (Å²) in [5, 5.41) is 9.06. The third-order valence-electron chi connectivity index (χ3n) is 5.33. The molecule has 2 unspecified atom stereocenters. The first kappa shape index (κ1) is 39.9. The number of aliphatic hydroxyl groups is 1. The zero-order chi connectivity index (χ0) is 30.4. The summed E-state index contributed by atoms with van der Waals surface area (Å²) in [5.74, 6) is 0. The average Bonchev–Trinajstić information content (AvgIpc) is 2.70. The maximum atomic E-state index is 9.06. The van der Waals surface area contributed by atoms with Crippen LogP contribution >= 0.6 is 0 Å². The molecule has 0 aromatic carbocycles. The monoisotopic (exact) mass is 662 g/mol. The predicted molar refractivity (Wildman–Crippen MR) is 174 cm³/mol. The van der Waals surface area contributed by atoms with Crippen LogP contribution in [0.25, 0.3) is 0 Å². The van der Waals surface area contributed by atoms with Crippen LogP contribution in [0.15, 0.2) is 0 Å². The summed E-state index contributed by atoms with van der Waals surface area (Å²) in [7, 11) is -14.4. The number of rotatable bonds is 24. The third-order valence-corrected chi connectivity index (χ3v) is 26.7. The highest BCUT2D eigenvalue weighted by Gasteiger charge is 2.49. The SMILES string of the molecule is CCO[Si](CCC[Si](C)(O[Si](C)(C)O[Si](C)(C)C)O[Si](C)(CCCOCCO)O[Si](C)(C)C)(OCC)OCC. The van der Waals surface area contributed by atoms with E-state index in [2.05, 4.69) is 65.5 Å². The van der Waals surface area contributed by atoms with Crippen LogP contribution in [0.1, 0.15) is 33.6 Å². The molecule has 1 N–H and O–H groups in total. The van der Waals surface area contributed by atoms with Gasteiger partial charge in [0.2, 0.25) is 0 Å². The van der Waals surface area contributed by atoms with Crippen molar-refractivity contribution in [1.29, 1.82) is 0 Å². The summed E-state index contributed by atoms with van der Waals surface area (Å²) in [6.45, 7) is 30.5. The molecule has 0 aliphatic carbocycles. The van der Waals surface area contributed by atoms with E-state index >= 15 is 0 Å². The Kier molecular flexibility index (Phi) is 18.3. The maximum Gasteiger partial charge on any atom is 0.500 e. The quantitative estimate of drug-likeness (QED) is 0.0930. The topological polar surface area (TPSA) is 94.1 Å². The molecule has 15 heteroatoms. The standard InChI is InChI=1S/C24H62O9Si6/c1-14-27-39(28-15-2,29-16-3)24-18-23-38(13,32-36(10,11)30-34(4,5)6)33-37(12,31-35(7,8)9)22-17-20-26-21-19-25/h25H,14-24H2,1-13H3. The van der Waals surface area contributed by atoms with Crippen molar-refractivity contribution >= 4 is 51.1 Å². The smallest absolute Gasteiger partial charge is 0.437 e. The van der Waals surface area contributed by atoms with E-state index in [4.69, 9.17) is 39.6 Å². The Labute approximate surface area is 246 Å². The first-order valence-electron chi connectivity index (χ1n) is 14.7. The lowest BCUT2D eigenvalue weighted by Crippen LogP contribution is -2.60. The highest BCUT2D eigenvalue weighted by molar-refractivity contribution is 6.91. The van der Waals surface area contributed by atoms with Gasteiger partial charge in [-0.3, -0.25) is 0 Å². The van der Waals surface area contributed by atoms with Crippen LogP contribution in [0.5, 0.6) is 0 Å². The second-order valence-corrected chi connectivity index (χ2v) is 35.4. The molecule has 0 rings (SSSR count). The summed E-state index contributed by atoms with van der Waals surface area (Å²) >= 11 is 0. The molecule has 0 aliphatic rings. The Morgan fingerprint density at radius 2 is 0.974 bits per heavy atom. The van der Waals surface area contributed by atoms with Crippen molar-refractivity contribution in [2.24, 2.45) is 0 Å². The zero-order valence-corrected chi connectivity index (χ0v) is 33.5. The van der Waals surface area contributed by atoms with Crippen LogP contribution in [0.3, 0.4) is 0 Å². The molecule has 0 aromatic rings. The average molecular weight is 663 g/mol. The van der Waals surface area contributed by atoms with Gasteiger partial charge in [0.05, 0.1) is 13.2 Å². The lowest BCUT2D eigenvalue weighted by Gasteiger charge is -2.44. The van der Waals surface area contributed by atoms with Gasteiger partial charge in [-0.1, -0.05) is 0 Å². The fourth-order valence-corrected chi connectivity index (χ4v) is 31.6. The minimum Gasteiger partial charge on any atom is -0.437 e. The van der Waals surface area contributed by atoms with Crippen molar-refractivity contribution in [1.82, 2.24) is 0 Å². The Morgan fingerprint density at radius 3 is 1.41 bits per heavy atom. The molecule has 0 aliphatic heterocycles. The van der Waals surface area contributed by atoms with Gasteiger partial charge in [0, 0.05) is 32.5 Å². The van der Waals surface area contributed by atoms with E-state index in [1.807, 2.05) is 20.8 Å². The minimum absolute atomic E-state index is 0.0300. The van der Waals surface area contributed by atoms with Crippen LogP contribution in [0.4, 0.5) is 0 Å². The Bertz CT molecular complexity index is 646. The summed E-state index contributed by atoms with van der Waals surface area (Å²) in [6, 6.07) is 2.30. The van der Waals surface area contributed by atoms with Gasteiger partial charge in [0.1, 0.15) is 0 Å². The van der Waals surface area contributed by atoms with Crippen LogP contribution in [-0.4, -0.2) is 95.9 Å². The Hall–Kier alpha value is 0.941. The van der Waals surface area contributed by atoms with Gasteiger partial charge in [0.15, 0.2) is 16.6 Å². The van der Waals surface area contributed by atoms with Gasteiger partial charge in [-0.05, 0) is 111 Å². The van der Waals surface area contributed by atoms with Gasteiger partial charge in [0.25, 0.3) is 0 Å². The van der Waals surface area contributed by atoms with Crippen molar-refractivity contribution in [3.63, 3.8) is 0 Å². The fourth-order valence-electron chi connectivity index (χ4n) is 4.92. The summed E-state index contributed by atoms with van der Waals surface area (Å²) < 4.78 is 51.5. The van der Waals surface area contributed by atoms with Gasteiger partial charge < -0.3 is 39.6 Å². The van der Waals surface area contributed by atoms with E-state index in [-0.39, 0.29) is 6.61 Å². The van der Waals surface area contributed by atoms with Crippen molar-refractivity contribution in [3.05, 3.63) is 0 Å². The van der Waals surface area contributed by atoms with Crippen molar-refractivity contribution in [3.8, 4) is 0 Å². The highest BCUT2D eigenvalue weighted by Crippen LogP contribution is 2.33. The minimum atomic E-state index is -2.77. The maximum absolute atomic E-state index is 9.06. The summed E-state index contributed by atoms with van der Waals surface area (Å²) in [6.07, 6.45) is 1.64. The second-order valence-electron chi connectivity index (χ2n) is 12.6. The van der Waals surface area contributed by atoms with E-state index in [1.54, 1.807) is 0 Å². The summed E-state index contributed by atoms with van der Waals surface area (Å²) in [5.41, 5.74) is 0. The van der Waals surface area contributed by atoms with E-state index < -0.39 is 51.1 Å². The molecule has 0 fully saturated rings. The molecule has 9 nitrogen and oxygen atoms in total. The second kappa shape index (κ2) is 17.9. The number of aliphatic hydroxyl groups excluding tert-OH is 1. The van der Waals surface area contributed by atoms with E-state index in [9.17, 15) is 0 Å². The van der Waals surface area contributed by atoms with Crippen molar-refractivity contribution in [2.75, 3.05) is 39.6 Å². The van der Waals surface area contributed by atoms with Crippen molar-refractivity contribution < 1.29 is 39.6 Å². The van der Waals surface area contributed by atoms with Crippen LogP contribution in [-0.2, 0) is 34.5 Å². The van der Waals surface area contributed by atoms with E-state index in [0.717, 1.165) is 31.0 Å². The van der Waals surface area contributed by atoms with Crippen LogP contribution < -0.4 is 0 Å². The molecule has 0 bridgehead atoms. The van der Waals surface area contributed by atoms with Gasteiger partial charge >= 0.3 is 34.5 Å². The lowest BCUT2D eigenvalue weighted by atomic mass is 10.5. The number of ether oxygens (including phenoxy) is 1. The highest BCUT2D eigenvalue weighted by atomic mass is 28.5. The summed E-state index contributed by atoms with van der Waals surface area (Å²) in [4.78, 5) is 0. The van der Waals surface area contributed by atoms with Crippen molar-refractivity contribution in [2.45, 2.75) is 117 Å². The molecule has 39 heavy (non-hydrogen) atoms. The molecular formula is C24H62O9Si6.